The Labute approximate surface area is 166 Å². The zero-order valence-corrected chi connectivity index (χ0v) is 17.3. The highest BCUT2D eigenvalue weighted by Crippen LogP contribution is 2.43. The highest BCUT2D eigenvalue weighted by molar-refractivity contribution is 7.98. The topological polar surface area (TPSA) is 82.4 Å². The van der Waals surface area contributed by atoms with Gasteiger partial charge in [0.05, 0.1) is 16.8 Å². The largest absolute Gasteiger partial charge is 0.395 e. The summed E-state index contributed by atoms with van der Waals surface area (Å²) in [6.07, 6.45) is 7.40. The number of thioether (sulfide) groups is 1. The second-order valence-corrected chi connectivity index (χ2v) is 8.51. The Morgan fingerprint density at radius 1 is 1.15 bits per heavy atom. The van der Waals surface area contributed by atoms with Crippen LogP contribution in [-0.4, -0.2) is 51.3 Å². The summed E-state index contributed by atoms with van der Waals surface area (Å²) in [5.74, 6) is 0.688. The quantitative estimate of drug-likeness (QED) is 0.356. The molecule has 0 unspecified atom stereocenters. The zero-order valence-electron chi connectivity index (χ0n) is 15.7. The van der Waals surface area contributed by atoms with Crippen LogP contribution in [0, 0.1) is 0 Å². The predicted molar refractivity (Wildman–Crippen MR) is 112 cm³/mol. The number of aromatic nitrogens is 3. The molecule has 0 spiro atoms. The molecule has 8 heteroatoms. The lowest BCUT2D eigenvalue weighted by Gasteiger charge is -2.20. The lowest BCUT2D eigenvalue weighted by molar-refractivity contribution is 0.257. The highest BCUT2D eigenvalue weighted by Gasteiger charge is 2.25. The molecule has 0 aliphatic heterocycles. The fourth-order valence-corrected chi connectivity index (χ4v) is 5.47. The molecule has 6 nitrogen and oxygen atoms in total. The van der Waals surface area contributed by atoms with Crippen LogP contribution in [0.15, 0.2) is 5.16 Å². The summed E-state index contributed by atoms with van der Waals surface area (Å²) >= 11 is 3.09. The average molecular weight is 405 g/mol. The molecule has 1 aliphatic rings. The Morgan fingerprint density at radius 3 is 2.67 bits per heavy atom. The van der Waals surface area contributed by atoms with E-state index in [2.05, 4.69) is 11.9 Å². The van der Waals surface area contributed by atoms with E-state index in [1.165, 1.54) is 40.4 Å². The Kier molecular flexibility index (Phi) is 5.50. The van der Waals surface area contributed by atoms with Crippen LogP contribution in [0.1, 0.15) is 36.6 Å². The van der Waals surface area contributed by atoms with Crippen LogP contribution < -0.4 is 4.90 Å². The molecule has 0 saturated carbocycles. The first-order chi connectivity index (χ1) is 13.2. The first-order valence-electron chi connectivity index (χ1n) is 9.37. The number of rotatable bonds is 7. The smallest absolute Gasteiger partial charge is 0.189 e. The summed E-state index contributed by atoms with van der Waals surface area (Å²) in [6, 6.07) is 0. The van der Waals surface area contributed by atoms with Gasteiger partial charge in [0.25, 0.3) is 0 Å². The Balaban J connectivity index is 2.04. The molecular formula is C19H24N4O2S2. The standard InChI is InChI=1S/C19H24N4O2S2/c1-3-5-13-11-6-4-7-12(11)14-15-16(27-18(14)20-13)17(22-19(21-15)26-2)23(10-25)8-9-24/h24-25H,3-10H2,1-2H3. The molecule has 0 atom stereocenters. The normalized spacial score (nSPS) is 13.6. The van der Waals surface area contributed by atoms with E-state index in [9.17, 15) is 10.2 Å². The second kappa shape index (κ2) is 7.87. The molecule has 144 valence electrons. The van der Waals surface area contributed by atoms with E-state index in [4.69, 9.17) is 9.97 Å². The van der Waals surface area contributed by atoms with Crippen molar-refractivity contribution < 1.29 is 10.2 Å². The Hall–Kier alpha value is -1.48. The maximum absolute atomic E-state index is 9.81. The molecule has 27 heavy (non-hydrogen) atoms. The van der Waals surface area contributed by atoms with E-state index in [1.54, 1.807) is 16.2 Å². The van der Waals surface area contributed by atoms with Crippen molar-refractivity contribution in [2.45, 2.75) is 44.2 Å². The molecule has 0 aromatic carbocycles. The van der Waals surface area contributed by atoms with Gasteiger partial charge < -0.3 is 15.1 Å². The third-order valence-corrected chi connectivity index (χ3v) is 6.71. The zero-order chi connectivity index (χ0) is 19.0. The summed E-state index contributed by atoms with van der Waals surface area (Å²) in [6.45, 7) is 2.29. The van der Waals surface area contributed by atoms with Crippen molar-refractivity contribution in [3.63, 3.8) is 0 Å². The number of hydrogen-bond donors (Lipinski definition) is 2. The lowest BCUT2D eigenvalue weighted by atomic mass is 10.0. The molecule has 3 heterocycles. The Bertz CT molecular complexity index is 989. The van der Waals surface area contributed by atoms with E-state index in [0.717, 1.165) is 40.7 Å². The van der Waals surface area contributed by atoms with Crippen molar-refractivity contribution in [2.24, 2.45) is 0 Å². The minimum Gasteiger partial charge on any atom is -0.395 e. The molecule has 1 aliphatic carbocycles. The van der Waals surface area contributed by atoms with Gasteiger partial charge in [-0.05, 0) is 43.1 Å². The maximum Gasteiger partial charge on any atom is 0.189 e. The second-order valence-electron chi connectivity index (χ2n) is 6.74. The van der Waals surface area contributed by atoms with Crippen LogP contribution in [0.4, 0.5) is 5.82 Å². The predicted octanol–water partition coefficient (Wildman–Crippen LogP) is 3.15. The molecule has 0 amide bonds. The molecule has 0 radical (unpaired) electrons. The van der Waals surface area contributed by atoms with Gasteiger partial charge in [0.2, 0.25) is 0 Å². The van der Waals surface area contributed by atoms with E-state index in [-0.39, 0.29) is 13.3 Å². The van der Waals surface area contributed by atoms with Crippen LogP contribution in [0.25, 0.3) is 20.4 Å². The summed E-state index contributed by atoms with van der Waals surface area (Å²) in [5, 5.41) is 21.0. The summed E-state index contributed by atoms with van der Waals surface area (Å²) < 4.78 is 0.945. The van der Waals surface area contributed by atoms with Gasteiger partial charge in [-0.25, -0.2) is 15.0 Å². The van der Waals surface area contributed by atoms with Crippen LogP contribution in [0.5, 0.6) is 0 Å². The number of fused-ring (bicyclic) bond motifs is 5. The number of aryl methyl sites for hydroxylation is 2. The number of anilines is 1. The van der Waals surface area contributed by atoms with Crippen molar-refractivity contribution in [2.75, 3.05) is 31.0 Å². The minimum atomic E-state index is -0.193. The van der Waals surface area contributed by atoms with Crippen LogP contribution in [0.3, 0.4) is 0 Å². The molecule has 0 bridgehead atoms. The van der Waals surface area contributed by atoms with Crippen molar-refractivity contribution >= 4 is 49.3 Å². The summed E-state index contributed by atoms with van der Waals surface area (Å²) in [4.78, 5) is 17.2. The minimum absolute atomic E-state index is 0.0418. The van der Waals surface area contributed by atoms with Gasteiger partial charge in [-0.15, -0.1) is 11.3 Å². The van der Waals surface area contributed by atoms with Crippen LogP contribution in [0.2, 0.25) is 0 Å². The maximum atomic E-state index is 9.81. The third-order valence-electron chi connectivity index (χ3n) is 5.09. The molecule has 0 fully saturated rings. The molecular weight excluding hydrogens is 380 g/mol. The molecule has 3 aromatic heterocycles. The van der Waals surface area contributed by atoms with E-state index in [1.807, 2.05) is 6.26 Å². The van der Waals surface area contributed by atoms with Crippen molar-refractivity contribution in [3.05, 3.63) is 16.8 Å². The summed E-state index contributed by atoms with van der Waals surface area (Å²) in [7, 11) is 0. The first-order valence-corrected chi connectivity index (χ1v) is 11.4. The Morgan fingerprint density at radius 2 is 1.96 bits per heavy atom. The van der Waals surface area contributed by atoms with Gasteiger partial charge in [0, 0.05) is 17.6 Å². The summed E-state index contributed by atoms with van der Waals surface area (Å²) in [5.41, 5.74) is 5.00. The van der Waals surface area contributed by atoms with Crippen molar-refractivity contribution in [1.82, 2.24) is 15.0 Å². The van der Waals surface area contributed by atoms with Gasteiger partial charge >= 0.3 is 0 Å². The molecule has 4 rings (SSSR count). The van der Waals surface area contributed by atoms with Gasteiger partial charge in [-0.1, -0.05) is 25.1 Å². The van der Waals surface area contributed by atoms with Crippen molar-refractivity contribution in [1.29, 1.82) is 0 Å². The van der Waals surface area contributed by atoms with Gasteiger partial charge in [0.15, 0.2) is 11.0 Å². The van der Waals surface area contributed by atoms with E-state index < -0.39 is 0 Å². The average Bonchev–Trinajstić information content (AvgIpc) is 3.29. The monoisotopic (exact) mass is 404 g/mol. The van der Waals surface area contributed by atoms with Crippen LogP contribution in [-0.2, 0) is 19.3 Å². The van der Waals surface area contributed by atoms with Crippen molar-refractivity contribution in [3.8, 4) is 0 Å². The van der Waals surface area contributed by atoms with Gasteiger partial charge in [-0.2, -0.15) is 0 Å². The fourth-order valence-electron chi connectivity index (χ4n) is 3.92. The molecule has 2 N–H and O–H groups in total. The third kappa shape index (κ3) is 3.18. The molecule has 0 saturated heterocycles. The number of pyridine rings is 1. The van der Waals surface area contributed by atoms with Gasteiger partial charge in [0.1, 0.15) is 11.6 Å². The number of thiophene rings is 1. The van der Waals surface area contributed by atoms with Gasteiger partial charge in [-0.3, -0.25) is 0 Å². The first kappa shape index (κ1) is 18.9. The number of hydrogen-bond acceptors (Lipinski definition) is 8. The highest BCUT2D eigenvalue weighted by atomic mass is 32.2. The number of aliphatic hydroxyl groups excluding tert-OH is 2. The molecule has 3 aromatic rings. The van der Waals surface area contributed by atoms with E-state index >= 15 is 0 Å². The SMILES string of the molecule is CCCc1nc2sc3c(N(CO)CCO)nc(SC)nc3c2c2c1CCC2. The van der Waals surface area contributed by atoms with E-state index in [0.29, 0.717) is 17.5 Å². The van der Waals surface area contributed by atoms with Crippen LogP contribution >= 0.6 is 23.1 Å². The lowest BCUT2D eigenvalue weighted by Crippen LogP contribution is -2.28. The fraction of sp³-hybridized carbons (Fsp3) is 0.526. The number of aliphatic hydroxyl groups is 2. The number of nitrogens with zero attached hydrogens (tertiary/aromatic N) is 4.